The third-order valence-corrected chi connectivity index (χ3v) is 5.10. The van der Waals surface area contributed by atoms with Crippen molar-refractivity contribution >= 4 is 23.6 Å². The van der Waals surface area contributed by atoms with Gasteiger partial charge in [0.05, 0.1) is 0 Å². The summed E-state index contributed by atoms with van der Waals surface area (Å²) in [6, 6.07) is 10.3. The Labute approximate surface area is 167 Å². The fourth-order valence-electron chi connectivity index (χ4n) is 2.23. The van der Waals surface area contributed by atoms with Gasteiger partial charge in [0.1, 0.15) is 6.54 Å². The standard InChI is InChI=1S/C20H32N4O2S/c1-24(2)19(25)15-23-20(21-11-6-13-26-16-17-9-10-17)22-12-14-27-18-7-4-3-5-8-18/h3-5,7-8,17H,6,9-16H2,1-2H3,(H2,21,22,23). The zero-order valence-electron chi connectivity index (χ0n) is 16.4. The SMILES string of the molecule is CN(C)C(=O)CN=C(NCCCOCC1CC1)NCCSc1ccccc1. The molecule has 0 radical (unpaired) electrons. The van der Waals surface area contributed by atoms with Gasteiger partial charge in [-0.2, -0.15) is 0 Å². The van der Waals surface area contributed by atoms with E-state index in [4.69, 9.17) is 4.74 Å². The predicted octanol–water partition coefficient (Wildman–Crippen LogP) is 2.22. The summed E-state index contributed by atoms with van der Waals surface area (Å²) in [5.74, 6) is 2.40. The zero-order chi connectivity index (χ0) is 19.3. The van der Waals surface area contributed by atoms with E-state index in [1.165, 1.54) is 17.7 Å². The molecule has 1 aromatic carbocycles. The summed E-state index contributed by atoms with van der Waals surface area (Å²) in [4.78, 5) is 19.0. The van der Waals surface area contributed by atoms with Crippen LogP contribution < -0.4 is 10.6 Å². The van der Waals surface area contributed by atoms with Crippen LogP contribution in [-0.4, -0.2) is 69.5 Å². The normalized spacial score (nSPS) is 14.1. The van der Waals surface area contributed by atoms with Crippen molar-refractivity contribution in [3.8, 4) is 0 Å². The second-order valence-corrected chi connectivity index (χ2v) is 8.01. The number of hydrogen-bond acceptors (Lipinski definition) is 4. The van der Waals surface area contributed by atoms with Crippen LogP contribution in [0.4, 0.5) is 0 Å². The van der Waals surface area contributed by atoms with E-state index >= 15 is 0 Å². The number of guanidine groups is 1. The van der Waals surface area contributed by atoms with E-state index in [1.807, 2.05) is 18.2 Å². The van der Waals surface area contributed by atoms with Crippen LogP contribution in [0.2, 0.25) is 0 Å². The van der Waals surface area contributed by atoms with Crippen LogP contribution in [0.25, 0.3) is 0 Å². The number of carbonyl (C=O) groups excluding carboxylic acids is 1. The first-order chi connectivity index (χ1) is 13.1. The number of benzene rings is 1. The van der Waals surface area contributed by atoms with Gasteiger partial charge in [-0.25, -0.2) is 4.99 Å². The van der Waals surface area contributed by atoms with Crippen LogP contribution in [0.1, 0.15) is 19.3 Å². The molecule has 2 rings (SSSR count). The molecule has 0 saturated heterocycles. The number of aliphatic imine (C=N–C) groups is 1. The fraction of sp³-hybridized carbons (Fsp3) is 0.600. The minimum absolute atomic E-state index is 0.0115. The van der Waals surface area contributed by atoms with E-state index in [1.54, 1.807) is 30.8 Å². The molecule has 1 saturated carbocycles. The smallest absolute Gasteiger partial charge is 0.243 e. The molecule has 0 aromatic heterocycles. The van der Waals surface area contributed by atoms with E-state index in [2.05, 4.69) is 27.8 Å². The molecule has 0 bridgehead atoms. The van der Waals surface area contributed by atoms with E-state index < -0.39 is 0 Å². The topological polar surface area (TPSA) is 66.0 Å². The van der Waals surface area contributed by atoms with Crippen molar-refractivity contribution in [3.63, 3.8) is 0 Å². The highest BCUT2D eigenvalue weighted by Crippen LogP contribution is 2.28. The largest absolute Gasteiger partial charge is 0.381 e. The van der Waals surface area contributed by atoms with E-state index in [-0.39, 0.29) is 12.5 Å². The van der Waals surface area contributed by atoms with E-state index in [9.17, 15) is 4.79 Å². The molecule has 0 spiro atoms. The summed E-state index contributed by atoms with van der Waals surface area (Å²) in [5, 5.41) is 6.61. The van der Waals surface area contributed by atoms with Gasteiger partial charge in [-0.1, -0.05) is 18.2 Å². The summed E-state index contributed by atoms with van der Waals surface area (Å²) < 4.78 is 5.65. The lowest BCUT2D eigenvalue weighted by Crippen LogP contribution is -2.40. The van der Waals surface area contributed by atoms with Gasteiger partial charge in [-0.15, -0.1) is 11.8 Å². The van der Waals surface area contributed by atoms with Crippen LogP contribution in [0.15, 0.2) is 40.2 Å². The molecule has 1 fully saturated rings. The fourth-order valence-corrected chi connectivity index (χ4v) is 3.02. The molecule has 7 heteroatoms. The van der Waals surface area contributed by atoms with Gasteiger partial charge in [0.15, 0.2) is 5.96 Å². The highest BCUT2D eigenvalue weighted by atomic mass is 32.2. The molecule has 0 aliphatic heterocycles. The Balaban J connectivity index is 1.66. The van der Waals surface area contributed by atoms with E-state index in [0.29, 0.717) is 5.96 Å². The van der Waals surface area contributed by atoms with Gasteiger partial charge in [0.2, 0.25) is 5.91 Å². The van der Waals surface area contributed by atoms with Crippen molar-refractivity contribution in [2.24, 2.45) is 10.9 Å². The quantitative estimate of drug-likeness (QED) is 0.247. The number of amides is 1. The Kier molecular flexibility index (Phi) is 10.1. The minimum Gasteiger partial charge on any atom is -0.381 e. The van der Waals surface area contributed by atoms with Crippen LogP contribution in [0.5, 0.6) is 0 Å². The van der Waals surface area contributed by atoms with Crippen LogP contribution in [0.3, 0.4) is 0 Å². The van der Waals surface area contributed by atoms with Crippen LogP contribution in [-0.2, 0) is 9.53 Å². The third kappa shape index (κ3) is 10.2. The molecular formula is C20H32N4O2S. The lowest BCUT2D eigenvalue weighted by molar-refractivity contribution is -0.127. The summed E-state index contributed by atoms with van der Waals surface area (Å²) in [6.07, 6.45) is 3.56. The Morgan fingerprint density at radius 2 is 1.96 bits per heavy atom. The minimum atomic E-state index is -0.0115. The van der Waals surface area contributed by atoms with Crippen LogP contribution >= 0.6 is 11.8 Å². The van der Waals surface area contributed by atoms with Gasteiger partial charge in [-0.3, -0.25) is 4.79 Å². The van der Waals surface area contributed by atoms with Crippen molar-refractivity contribution in [1.82, 2.24) is 15.5 Å². The van der Waals surface area contributed by atoms with Gasteiger partial charge in [-0.05, 0) is 37.3 Å². The Bertz CT molecular complexity index is 577. The summed E-state index contributed by atoms with van der Waals surface area (Å²) in [6.45, 7) is 3.36. The first-order valence-corrected chi connectivity index (χ1v) is 10.6. The van der Waals surface area contributed by atoms with Gasteiger partial charge >= 0.3 is 0 Å². The lowest BCUT2D eigenvalue weighted by Gasteiger charge is -2.14. The average molecular weight is 393 g/mol. The molecule has 1 aliphatic rings. The molecule has 0 unspecified atom stereocenters. The lowest BCUT2D eigenvalue weighted by atomic mass is 10.4. The molecule has 0 atom stereocenters. The molecule has 2 N–H and O–H groups in total. The number of hydrogen-bond donors (Lipinski definition) is 2. The number of ether oxygens (including phenoxy) is 1. The summed E-state index contributed by atoms with van der Waals surface area (Å²) >= 11 is 1.79. The Morgan fingerprint density at radius 1 is 1.22 bits per heavy atom. The van der Waals surface area contributed by atoms with Gasteiger partial charge in [0, 0.05) is 51.0 Å². The first-order valence-electron chi connectivity index (χ1n) is 9.63. The number of nitrogens with zero attached hydrogens (tertiary/aromatic N) is 2. The second-order valence-electron chi connectivity index (χ2n) is 6.84. The highest BCUT2D eigenvalue weighted by molar-refractivity contribution is 7.99. The Hall–Kier alpha value is -1.73. The average Bonchev–Trinajstić information content (AvgIpc) is 3.50. The van der Waals surface area contributed by atoms with E-state index in [0.717, 1.165) is 44.4 Å². The van der Waals surface area contributed by atoms with Crippen molar-refractivity contribution < 1.29 is 9.53 Å². The van der Waals surface area contributed by atoms with Gasteiger partial charge in [0.25, 0.3) is 0 Å². The predicted molar refractivity (Wildman–Crippen MR) is 112 cm³/mol. The molecule has 6 nitrogen and oxygen atoms in total. The molecular weight excluding hydrogens is 360 g/mol. The maximum Gasteiger partial charge on any atom is 0.243 e. The highest BCUT2D eigenvalue weighted by Gasteiger charge is 2.20. The number of rotatable bonds is 12. The molecule has 1 aromatic rings. The van der Waals surface area contributed by atoms with Crippen LogP contribution in [0, 0.1) is 5.92 Å². The number of nitrogens with one attached hydrogen (secondary N) is 2. The van der Waals surface area contributed by atoms with Crippen molar-refractivity contribution in [2.45, 2.75) is 24.2 Å². The summed E-state index contributed by atoms with van der Waals surface area (Å²) in [5.41, 5.74) is 0. The monoisotopic (exact) mass is 392 g/mol. The maximum atomic E-state index is 11.8. The molecule has 150 valence electrons. The number of likely N-dealkylation sites (N-methyl/N-ethyl adjacent to an activating group) is 1. The van der Waals surface area contributed by atoms with Gasteiger partial charge < -0.3 is 20.3 Å². The van der Waals surface area contributed by atoms with Crippen molar-refractivity contribution in [3.05, 3.63) is 30.3 Å². The zero-order valence-corrected chi connectivity index (χ0v) is 17.3. The molecule has 1 amide bonds. The molecule has 0 heterocycles. The Morgan fingerprint density at radius 3 is 2.67 bits per heavy atom. The maximum absolute atomic E-state index is 11.8. The molecule has 27 heavy (non-hydrogen) atoms. The van der Waals surface area contributed by atoms with Crippen molar-refractivity contribution in [2.75, 3.05) is 52.7 Å². The van der Waals surface area contributed by atoms with Crippen molar-refractivity contribution in [1.29, 1.82) is 0 Å². The molecule has 1 aliphatic carbocycles. The second kappa shape index (κ2) is 12.6. The first kappa shape index (κ1) is 21.6. The third-order valence-electron chi connectivity index (χ3n) is 4.09. The number of thioether (sulfide) groups is 1. The number of carbonyl (C=O) groups is 1. The summed E-state index contributed by atoms with van der Waals surface area (Å²) in [7, 11) is 3.48.